The number of hydrogen-bond donors (Lipinski definition) is 1. The van der Waals surface area contributed by atoms with Crippen molar-refractivity contribution in [2.75, 3.05) is 0 Å². The summed E-state index contributed by atoms with van der Waals surface area (Å²) in [7, 11) is -2.56. The number of allylic oxidation sites excluding steroid dienone is 3. The van der Waals surface area contributed by atoms with E-state index in [1.54, 1.807) is 0 Å². The van der Waals surface area contributed by atoms with E-state index in [0.717, 1.165) is 32.1 Å². The van der Waals surface area contributed by atoms with Crippen LogP contribution in [0.25, 0.3) is 5.57 Å². The van der Waals surface area contributed by atoms with E-state index in [1.165, 1.54) is 32.7 Å². The zero-order valence-electron chi connectivity index (χ0n) is 29.6. The van der Waals surface area contributed by atoms with E-state index in [1.807, 2.05) is 37.3 Å². The van der Waals surface area contributed by atoms with Crippen molar-refractivity contribution in [2.24, 2.45) is 10.8 Å². The molecule has 0 fully saturated rings. The molecule has 242 valence electrons. The maximum atomic E-state index is 10.6. The largest absolute Gasteiger partial charge is 0.413 e. The van der Waals surface area contributed by atoms with Gasteiger partial charge in [-0.15, -0.1) is 11.3 Å². The summed E-state index contributed by atoms with van der Waals surface area (Å²) in [6.45, 7) is 29.2. The molecule has 1 aromatic carbocycles. The molecule has 2 aromatic rings. The first-order valence-corrected chi connectivity index (χ1v) is 23.0. The lowest BCUT2D eigenvalue weighted by molar-refractivity contribution is 0.0655. The molecule has 0 saturated carbocycles. The molecule has 0 bridgehead atoms. The van der Waals surface area contributed by atoms with Crippen molar-refractivity contribution in [3.63, 3.8) is 0 Å². The Bertz CT molecular complexity index is 1190. The molecule has 0 saturated heterocycles. The lowest BCUT2D eigenvalue weighted by atomic mass is 9.77. The zero-order valence-corrected chi connectivity index (χ0v) is 32.8. The average molecular weight is 643 g/mol. The van der Waals surface area contributed by atoms with Crippen LogP contribution >= 0.6 is 11.3 Å². The van der Waals surface area contributed by atoms with Crippen molar-refractivity contribution >= 4 is 35.0 Å². The van der Waals surface area contributed by atoms with Crippen LogP contribution < -0.4 is 0 Å². The fourth-order valence-electron chi connectivity index (χ4n) is 5.44. The van der Waals surface area contributed by atoms with Crippen LogP contribution in [0.2, 0.25) is 26.2 Å². The van der Waals surface area contributed by atoms with E-state index in [4.69, 9.17) is 8.85 Å². The minimum absolute atomic E-state index is 0.0102. The van der Waals surface area contributed by atoms with Crippen LogP contribution in [0, 0.1) is 10.8 Å². The predicted octanol–water partition coefficient (Wildman–Crippen LogP) is 10.6. The molecule has 1 aromatic heterocycles. The molecule has 1 heterocycles. The second-order valence-electron chi connectivity index (χ2n) is 14.9. The normalized spacial score (nSPS) is 15.2. The van der Waals surface area contributed by atoms with Gasteiger partial charge in [-0.2, -0.15) is 0 Å². The molecule has 0 amide bonds. The van der Waals surface area contributed by atoms with E-state index in [0.29, 0.717) is 0 Å². The quantitative estimate of drug-likeness (QED) is 0.155. The first kappa shape index (κ1) is 37.9. The number of hydrogen-bond acceptors (Lipinski definition) is 4. The number of rotatable bonds is 15. The van der Waals surface area contributed by atoms with Crippen LogP contribution in [0.1, 0.15) is 121 Å². The Labute approximate surface area is 272 Å². The molecule has 43 heavy (non-hydrogen) atoms. The van der Waals surface area contributed by atoms with Gasteiger partial charge in [-0.1, -0.05) is 98.7 Å². The molecule has 0 aliphatic heterocycles. The molecular formula is C37H62O3SSi2. The van der Waals surface area contributed by atoms with E-state index in [-0.39, 0.29) is 23.0 Å². The summed E-state index contributed by atoms with van der Waals surface area (Å²) in [5.74, 6) is 0. The molecule has 6 heteroatoms. The summed E-state index contributed by atoms with van der Waals surface area (Å²) in [5.41, 5.74) is 5.93. The molecule has 1 N–H and O–H groups in total. The first-order chi connectivity index (χ1) is 19.9. The van der Waals surface area contributed by atoms with Crippen molar-refractivity contribution in [3.05, 3.63) is 75.0 Å². The van der Waals surface area contributed by atoms with Gasteiger partial charge in [-0.25, -0.2) is 0 Å². The highest BCUT2D eigenvalue weighted by Crippen LogP contribution is 2.45. The van der Waals surface area contributed by atoms with Gasteiger partial charge in [0, 0.05) is 4.88 Å². The SMILES string of the molecule is CC/C(=C\C=C\C(O)(CC)CC)c1cc(CCc2ccc(C(O[SiH](C)C)C(C)(C)C)c(C(O[SiH](C)C)C(C)(C)C)c2)cs1. The molecular weight excluding hydrogens is 581 g/mol. The van der Waals surface area contributed by atoms with Gasteiger partial charge in [0.05, 0.1) is 17.8 Å². The summed E-state index contributed by atoms with van der Waals surface area (Å²) in [6.07, 6.45) is 10.7. The molecule has 0 aliphatic rings. The van der Waals surface area contributed by atoms with Gasteiger partial charge in [0.2, 0.25) is 0 Å². The van der Waals surface area contributed by atoms with Crippen LogP contribution in [0.5, 0.6) is 0 Å². The van der Waals surface area contributed by atoms with Crippen LogP contribution in [0.4, 0.5) is 0 Å². The molecule has 2 rings (SSSR count). The summed E-state index contributed by atoms with van der Waals surface area (Å²) in [6, 6.07) is 9.47. The highest BCUT2D eigenvalue weighted by Gasteiger charge is 2.36. The van der Waals surface area contributed by atoms with Gasteiger partial charge in [-0.05, 0) is 108 Å². The number of thiophene rings is 1. The number of benzene rings is 1. The molecule has 0 radical (unpaired) electrons. The van der Waals surface area contributed by atoms with Crippen LogP contribution in [0.3, 0.4) is 0 Å². The summed E-state index contributed by atoms with van der Waals surface area (Å²) < 4.78 is 13.6. The fourth-order valence-corrected chi connectivity index (χ4v) is 8.69. The lowest BCUT2D eigenvalue weighted by Gasteiger charge is -2.39. The van der Waals surface area contributed by atoms with Gasteiger partial charge in [0.15, 0.2) is 18.1 Å². The van der Waals surface area contributed by atoms with Crippen molar-refractivity contribution in [3.8, 4) is 0 Å². The third kappa shape index (κ3) is 11.5. The lowest BCUT2D eigenvalue weighted by Crippen LogP contribution is -2.31. The molecule has 0 spiro atoms. The van der Waals surface area contributed by atoms with Crippen molar-refractivity contribution < 1.29 is 14.0 Å². The fraction of sp³-hybridized carbons (Fsp3) is 0.622. The van der Waals surface area contributed by atoms with Gasteiger partial charge < -0.3 is 14.0 Å². The second-order valence-corrected chi connectivity index (χ2v) is 20.5. The summed E-state index contributed by atoms with van der Waals surface area (Å²) in [5, 5.41) is 12.9. The minimum Gasteiger partial charge on any atom is -0.413 e. The van der Waals surface area contributed by atoms with Gasteiger partial charge >= 0.3 is 0 Å². The smallest absolute Gasteiger partial charge is 0.171 e. The Hall–Kier alpha value is -1.29. The highest BCUT2D eigenvalue weighted by molar-refractivity contribution is 7.11. The van der Waals surface area contributed by atoms with E-state index in [2.05, 4.69) is 110 Å². The topological polar surface area (TPSA) is 38.7 Å². The average Bonchev–Trinajstić information content (AvgIpc) is 3.39. The molecule has 3 nitrogen and oxygen atoms in total. The van der Waals surface area contributed by atoms with Crippen LogP contribution in [0.15, 0.2) is 47.9 Å². The zero-order chi connectivity index (χ0) is 32.6. The summed E-state index contributed by atoms with van der Waals surface area (Å²) in [4.78, 5) is 1.32. The van der Waals surface area contributed by atoms with Crippen LogP contribution in [-0.2, 0) is 21.7 Å². The van der Waals surface area contributed by atoms with E-state index < -0.39 is 23.7 Å². The Morgan fingerprint density at radius 3 is 1.84 bits per heavy atom. The van der Waals surface area contributed by atoms with Gasteiger partial charge in [-0.3, -0.25) is 0 Å². The first-order valence-electron chi connectivity index (χ1n) is 16.6. The second kappa shape index (κ2) is 16.3. The van der Waals surface area contributed by atoms with Crippen molar-refractivity contribution in [2.45, 2.75) is 138 Å². The maximum absolute atomic E-state index is 10.6. The third-order valence-corrected chi connectivity index (χ3v) is 10.8. The molecule has 0 aliphatic carbocycles. The third-order valence-electron chi connectivity index (χ3n) is 8.09. The van der Waals surface area contributed by atoms with Crippen molar-refractivity contribution in [1.82, 2.24) is 0 Å². The van der Waals surface area contributed by atoms with Gasteiger partial charge in [0.1, 0.15) is 0 Å². The monoisotopic (exact) mass is 642 g/mol. The predicted molar refractivity (Wildman–Crippen MR) is 195 cm³/mol. The minimum atomic E-state index is -1.29. The Balaban J connectivity index is 2.42. The Morgan fingerprint density at radius 1 is 0.814 bits per heavy atom. The van der Waals surface area contributed by atoms with Crippen LogP contribution in [-0.4, -0.2) is 28.8 Å². The molecule has 2 atom stereocenters. The molecule has 2 unspecified atom stereocenters. The van der Waals surface area contributed by atoms with E-state index >= 15 is 0 Å². The number of aliphatic hydroxyl groups is 1. The highest BCUT2D eigenvalue weighted by atomic mass is 32.1. The van der Waals surface area contributed by atoms with E-state index in [9.17, 15) is 5.11 Å². The Kier molecular flexibility index (Phi) is 14.4. The Morgan fingerprint density at radius 2 is 1.35 bits per heavy atom. The number of aryl methyl sites for hydroxylation is 2. The standard InChI is InChI=1S/C37H62O3SSi2/c1-14-29(18-17-23-37(38,15-2)16-3)32-25-28(26-41-32)20-19-27-21-22-30(33(35(4,5)6)39-42(10)11)31(24-27)34(36(7,8)9)40-43(12)13/h17-18,21-26,33-34,38,42-43H,14-16,19-20H2,1-13H3/b23-17+,29-18+. The van der Waals surface area contributed by atoms with Crippen molar-refractivity contribution in [1.29, 1.82) is 0 Å². The van der Waals surface area contributed by atoms with Gasteiger partial charge in [0.25, 0.3) is 0 Å². The summed E-state index contributed by atoms with van der Waals surface area (Å²) >= 11 is 1.83. The maximum Gasteiger partial charge on any atom is 0.171 e.